The quantitative estimate of drug-likeness (QED) is 0.1000. The van der Waals surface area contributed by atoms with Crippen LogP contribution in [0.2, 0.25) is 0 Å². The molecule has 0 bridgehead atoms. The van der Waals surface area contributed by atoms with Crippen LogP contribution in [0.5, 0.6) is 0 Å². The number of rotatable bonds is 9. The standard InChI is InChI=1S/C35H64N6O9/c1-32(2,3)47-28(43)37-26(38-29(44)48-33(4,5)6)36-21-17-15-13-14-16-18-22-41(31(46)50-35(10,11)12)27(39-30(45)49-34(7,8)9)40-23-19-25(42)20-24-40/h25,42H,13-24H2,1-12H3,(H2,36,37,38,43,44)/b39-27+. The molecular weight excluding hydrogens is 648 g/mol. The maximum absolute atomic E-state index is 13.5. The van der Waals surface area contributed by atoms with Crippen molar-refractivity contribution in [3.63, 3.8) is 0 Å². The van der Waals surface area contributed by atoms with Gasteiger partial charge in [0.1, 0.15) is 22.4 Å². The molecule has 1 rings (SSSR count). The first-order valence-electron chi connectivity index (χ1n) is 17.6. The minimum Gasteiger partial charge on any atom is -0.444 e. The fourth-order valence-electron chi connectivity index (χ4n) is 4.52. The van der Waals surface area contributed by atoms with Gasteiger partial charge in [0.2, 0.25) is 11.9 Å². The Kier molecular flexibility index (Phi) is 17.5. The van der Waals surface area contributed by atoms with Gasteiger partial charge >= 0.3 is 24.4 Å². The van der Waals surface area contributed by atoms with Crippen LogP contribution in [0.25, 0.3) is 0 Å². The molecular formula is C35H64N6O9. The molecule has 288 valence electrons. The molecule has 1 heterocycles. The Labute approximate surface area is 298 Å². The van der Waals surface area contributed by atoms with E-state index in [1.165, 1.54) is 4.90 Å². The van der Waals surface area contributed by atoms with E-state index in [1.54, 1.807) is 83.1 Å². The lowest BCUT2D eigenvalue weighted by Gasteiger charge is -2.37. The molecule has 1 aliphatic rings. The molecule has 4 amide bonds. The van der Waals surface area contributed by atoms with Gasteiger partial charge in [-0.2, -0.15) is 0 Å². The number of alkyl carbamates (subject to hydrolysis) is 1. The van der Waals surface area contributed by atoms with Gasteiger partial charge in [-0.25, -0.2) is 24.1 Å². The van der Waals surface area contributed by atoms with Crippen molar-refractivity contribution in [3.8, 4) is 0 Å². The van der Waals surface area contributed by atoms with Crippen LogP contribution in [0.1, 0.15) is 134 Å². The summed E-state index contributed by atoms with van der Waals surface area (Å²) in [4.78, 5) is 62.2. The molecule has 15 nitrogen and oxygen atoms in total. The van der Waals surface area contributed by atoms with Crippen molar-refractivity contribution in [1.82, 2.24) is 20.4 Å². The lowest BCUT2D eigenvalue weighted by molar-refractivity contribution is 0.0329. The summed E-state index contributed by atoms with van der Waals surface area (Å²) in [7, 11) is 0. The third-order valence-corrected chi connectivity index (χ3v) is 6.50. The number of aliphatic hydroxyl groups excluding tert-OH is 1. The maximum atomic E-state index is 13.5. The number of hydrogen-bond donors (Lipinski definition) is 3. The van der Waals surface area contributed by atoms with Gasteiger partial charge in [0.15, 0.2) is 0 Å². The van der Waals surface area contributed by atoms with Crippen LogP contribution in [-0.4, -0.2) is 106 Å². The Morgan fingerprint density at radius 2 is 1.14 bits per heavy atom. The normalized spacial score (nSPS) is 15.3. The van der Waals surface area contributed by atoms with Gasteiger partial charge < -0.3 is 34.3 Å². The van der Waals surface area contributed by atoms with Crippen molar-refractivity contribution in [1.29, 1.82) is 0 Å². The summed E-state index contributed by atoms with van der Waals surface area (Å²) in [6.45, 7) is 22.5. The van der Waals surface area contributed by atoms with E-state index >= 15 is 0 Å². The zero-order valence-corrected chi connectivity index (χ0v) is 32.6. The highest BCUT2D eigenvalue weighted by molar-refractivity contribution is 5.99. The van der Waals surface area contributed by atoms with E-state index in [0.29, 0.717) is 38.9 Å². The van der Waals surface area contributed by atoms with Crippen LogP contribution < -0.4 is 10.6 Å². The maximum Gasteiger partial charge on any atom is 0.437 e. The number of amides is 4. The predicted molar refractivity (Wildman–Crippen MR) is 192 cm³/mol. The van der Waals surface area contributed by atoms with E-state index in [2.05, 4.69) is 20.6 Å². The number of carbonyl (C=O) groups excluding carboxylic acids is 4. The van der Waals surface area contributed by atoms with Crippen molar-refractivity contribution in [2.24, 2.45) is 9.98 Å². The van der Waals surface area contributed by atoms with Gasteiger partial charge in [-0.15, -0.1) is 9.98 Å². The second-order valence-electron chi connectivity index (χ2n) is 16.4. The third-order valence-electron chi connectivity index (χ3n) is 6.50. The highest BCUT2D eigenvalue weighted by Gasteiger charge is 2.32. The van der Waals surface area contributed by atoms with Crippen molar-refractivity contribution in [2.45, 2.75) is 163 Å². The lowest BCUT2D eigenvalue weighted by atomic mass is 10.1. The van der Waals surface area contributed by atoms with E-state index in [0.717, 1.165) is 32.1 Å². The number of ether oxygens (including phenoxy) is 4. The van der Waals surface area contributed by atoms with E-state index in [1.807, 2.05) is 4.90 Å². The fourth-order valence-corrected chi connectivity index (χ4v) is 4.52. The number of guanidine groups is 2. The SMILES string of the molecule is CC(C)(C)OC(=O)/N=C(/NCCCCCCCCN(C(=O)OC(C)(C)C)/C(=N/C(=O)OC(C)(C)C)N1CCC(O)CC1)NC(=O)OC(C)(C)C. The van der Waals surface area contributed by atoms with E-state index in [9.17, 15) is 24.3 Å². The molecule has 0 aromatic carbocycles. The number of likely N-dealkylation sites (tertiary alicyclic amines) is 1. The molecule has 0 aliphatic carbocycles. The minimum absolute atomic E-state index is 0.0530. The minimum atomic E-state index is -0.839. The number of piperidine rings is 1. The third kappa shape index (κ3) is 21.5. The molecule has 0 unspecified atom stereocenters. The molecule has 1 saturated heterocycles. The van der Waals surface area contributed by atoms with Crippen molar-refractivity contribution in [3.05, 3.63) is 0 Å². The molecule has 3 N–H and O–H groups in total. The Morgan fingerprint density at radius 3 is 1.64 bits per heavy atom. The first kappa shape index (κ1) is 44.4. The molecule has 0 atom stereocenters. The van der Waals surface area contributed by atoms with E-state index < -0.39 is 52.9 Å². The first-order chi connectivity index (χ1) is 22.8. The van der Waals surface area contributed by atoms with E-state index in [4.69, 9.17) is 18.9 Å². The molecule has 1 aliphatic heterocycles. The predicted octanol–water partition coefficient (Wildman–Crippen LogP) is 6.72. The average Bonchev–Trinajstić information content (AvgIpc) is 2.89. The summed E-state index contributed by atoms with van der Waals surface area (Å²) in [6, 6.07) is 0. The number of nitrogens with one attached hydrogen (secondary N) is 2. The zero-order valence-electron chi connectivity index (χ0n) is 32.6. The summed E-state index contributed by atoms with van der Waals surface area (Å²) >= 11 is 0. The van der Waals surface area contributed by atoms with Gasteiger partial charge in [0.05, 0.1) is 6.10 Å². The average molecular weight is 713 g/mol. The fraction of sp³-hybridized carbons (Fsp3) is 0.829. The highest BCUT2D eigenvalue weighted by atomic mass is 16.6. The highest BCUT2D eigenvalue weighted by Crippen LogP contribution is 2.19. The molecule has 0 aromatic rings. The number of nitrogens with zero attached hydrogens (tertiary/aromatic N) is 4. The first-order valence-corrected chi connectivity index (χ1v) is 17.6. The van der Waals surface area contributed by atoms with Crippen LogP contribution >= 0.6 is 0 Å². The van der Waals surface area contributed by atoms with Gasteiger partial charge in [0.25, 0.3) is 0 Å². The molecule has 0 radical (unpaired) electrons. The molecule has 0 aromatic heterocycles. The number of aliphatic hydroxyl groups is 1. The van der Waals surface area contributed by atoms with Gasteiger partial charge in [0, 0.05) is 26.2 Å². The Bertz CT molecular complexity index is 1170. The van der Waals surface area contributed by atoms with Gasteiger partial charge in [-0.1, -0.05) is 25.7 Å². The van der Waals surface area contributed by atoms with Crippen molar-refractivity contribution < 1.29 is 43.2 Å². The largest absolute Gasteiger partial charge is 0.444 e. The Balaban J connectivity index is 2.83. The van der Waals surface area contributed by atoms with Crippen LogP contribution in [0.15, 0.2) is 9.98 Å². The van der Waals surface area contributed by atoms with Crippen LogP contribution in [0.3, 0.4) is 0 Å². The van der Waals surface area contributed by atoms with Crippen LogP contribution in [0, 0.1) is 0 Å². The smallest absolute Gasteiger partial charge is 0.437 e. The summed E-state index contributed by atoms with van der Waals surface area (Å²) in [6.07, 6.45) is 2.32. The van der Waals surface area contributed by atoms with E-state index in [-0.39, 0.29) is 18.5 Å². The summed E-state index contributed by atoms with van der Waals surface area (Å²) in [5, 5.41) is 15.5. The van der Waals surface area contributed by atoms with Crippen molar-refractivity contribution >= 4 is 36.3 Å². The van der Waals surface area contributed by atoms with Gasteiger partial charge in [-0.3, -0.25) is 5.32 Å². The number of unbranched alkanes of at least 4 members (excludes halogenated alkanes) is 5. The summed E-state index contributed by atoms with van der Waals surface area (Å²) < 4.78 is 21.7. The lowest BCUT2D eigenvalue weighted by Crippen LogP contribution is -2.52. The molecule has 0 saturated carbocycles. The number of hydrogen-bond acceptors (Lipinski definition) is 9. The molecule has 1 fully saturated rings. The van der Waals surface area contributed by atoms with Crippen molar-refractivity contribution in [2.75, 3.05) is 26.2 Å². The summed E-state index contributed by atoms with van der Waals surface area (Å²) in [5.74, 6) is 0.109. The summed E-state index contributed by atoms with van der Waals surface area (Å²) in [5.41, 5.74) is -3.00. The molecule has 15 heteroatoms. The number of aliphatic imine (C=N–C) groups is 2. The van der Waals surface area contributed by atoms with Crippen LogP contribution in [0.4, 0.5) is 19.2 Å². The molecule has 50 heavy (non-hydrogen) atoms. The van der Waals surface area contributed by atoms with Crippen LogP contribution in [-0.2, 0) is 18.9 Å². The van der Waals surface area contributed by atoms with Gasteiger partial charge in [-0.05, 0) is 109 Å². The zero-order chi connectivity index (χ0) is 38.3. The molecule has 0 spiro atoms. The Morgan fingerprint density at radius 1 is 0.680 bits per heavy atom. The monoisotopic (exact) mass is 712 g/mol. The number of carbonyl (C=O) groups is 4. The topological polar surface area (TPSA) is 181 Å². The second kappa shape index (κ2) is 19.7. The second-order valence-corrected chi connectivity index (χ2v) is 16.4. The Hall–Kier alpha value is -3.62.